The SMILES string of the molecule is C=C(CCNC(=O)C1CN(S(=O)(=O)c2ccc(S(N)(=O)=O)cc2)c2cc(Cl)ccc2O1)NC(=O)COc1ccc(Cl)c(F)c1. The Bertz CT molecular complexity index is 1820. The number of ether oxygens (including phenoxy) is 2. The molecule has 1 aliphatic rings. The summed E-state index contributed by atoms with van der Waals surface area (Å²) in [5, 5.41) is 10.3. The van der Waals surface area contributed by atoms with Crippen molar-refractivity contribution in [3.8, 4) is 11.5 Å². The Morgan fingerprint density at radius 2 is 1.73 bits per heavy atom. The fraction of sp³-hybridized carbons (Fsp3) is 0.185. The average Bonchev–Trinajstić information content (AvgIpc) is 2.96. The molecule has 0 radical (unpaired) electrons. The number of halogens is 3. The first-order valence-corrected chi connectivity index (χ1v) is 16.3. The normalized spacial score (nSPS) is 14.6. The van der Waals surface area contributed by atoms with Gasteiger partial charge in [0.15, 0.2) is 12.7 Å². The third-order valence-corrected chi connectivity index (χ3v) is 9.39. The van der Waals surface area contributed by atoms with Crippen LogP contribution < -0.4 is 29.6 Å². The van der Waals surface area contributed by atoms with Gasteiger partial charge in [-0.15, -0.1) is 0 Å². The largest absolute Gasteiger partial charge is 0.484 e. The zero-order valence-corrected chi connectivity index (χ0v) is 25.8. The molecule has 4 N–H and O–H groups in total. The summed E-state index contributed by atoms with van der Waals surface area (Å²) in [4.78, 5) is 24.6. The predicted octanol–water partition coefficient (Wildman–Crippen LogP) is 2.95. The van der Waals surface area contributed by atoms with Gasteiger partial charge in [-0.1, -0.05) is 29.8 Å². The first-order chi connectivity index (χ1) is 20.6. The Morgan fingerprint density at radius 3 is 2.39 bits per heavy atom. The van der Waals surface area contributed by atoms with Gasteiger partial charge in [0.1, 0.15) is 17.3 Å². The van der Waals surface area contributed by atoms with Gasteiger partial charge in [-0.2, -0.15) is 0 Å². The molecule has 0 aromatic heterocycles. The van der Waals surface area contributed by atoms with E-state index in [4.69, 9.17) is 37.8 Å². The molecular formula is C27H25Cl2FN4O8S2. The van der Waals surface area contributed by atoms with Crippen LogP contribution in [0.5, 0.6) is 11.5 Å². The fourth-order valence-corrected chi connectivity index (χ4v) is 6.25. The highest BCUT2D eigenvalue weighted by molar-refractivity contribution is 7.93. The number of sulfonamides is 2. The standard InChI is InChI=1S/C27H25Cl2FN4O8S2/c1-16(33-26(35)15-41-18-3-8-21(29)22(30)13-18)10-11-32-27(36)25-14-34(23-12-17(28)2-9-24(23)42-25)44(39,40)20-6-4-19(5-7-20)43(31,37)38/h2-9,12-13,25H,1,10-11,14-15H2,(H,32,36)(H,33,35)(H2,31,37,38). The summed E-state index contributed by atoms with van der Waals surface area (Å²) in [6, 6.07) is 12.3. The van der Waals surface area contributed by atoms with Crippen LogP contribution in [0.4, 0.5) is 10.1 Å². The van der Waals surface area contributed by atoms with Gasteiger partial charge < -0.3 is 20.1 Å². The Balaban J connectivity index is 1.37. The molecule has 0 aliphatic carbocycles. The lowest BCUT2D eigenvalue weighted by molar-refractivity contribution is -0.127. The average molecular weight is 688 g/mol. The second kappa shape index (κ2) is 13.4. The van der Waals surface area contributed by atoms with E-state index in [2.05, 4.69) is 17.2 Å². The maximum Gasteiger partial charge on any atom is 0.264 e. The number of rotatable bonds is 11. The molecule has 1 unspecified atom stereocenters. The van der Waals surface area contributed by atoms with Crippen molar-refractivity contribution in [1.82, 2.24) is 10.6 Å². The number of nitrogens with zero attached hydrogens (tertiary/aromatic N) is 1. The van der Waals surface area contributed by atoms with Crippen molar-refractivity contribution in [3.05, 3.63) is 88.8 Å². The summed E-state index contributed by atoms with van der Waals surface area (Å²) in [5.41, 5.74) is 0.328. The molecule has 0 bridgehead atoms. The molecule has 1 atom stereocenters. The molecule has 4 rings (SSSR count). The summed E-state index contributed by atoms with van der Waals surface area (Å²) in [7, 11) is -8.37. The van der Waals surface area contributed by atoms with Crippen LogP contribution in [0.3, 0.4) is 0 Å². The zero-order chi connectivity index (χ0) is 32.2. The van der Waals surface area contributed by atoms with Crippen LogP contribution in [0.15, 0.2) is 82.7 Å². The van der Waals surface area contributed by atoms with Crippen LogP contribution in [0.2, 0.25) is 10.0 Å². The quantitative estimate of drug-likeness (QED) is 0.276. The van der Waals surface area contributed by atoms with Gasteiger partial charge >= 0.3 is 0 Å². The van der Waals surface area contributed by atoms with Crippen molar-refractivity contribution in [1.29, 1.82) is 0 Å². The Kier molecular flexibility index (Phi) is 10.1. The van der Waals surface area contributed by atoms with Gasteiger partial charge in [0.05, 0.1) is 27.0 Å². The molecule has 0 saturated heterocycles. The van der Waals surface area contributed by atoms with Gasteiger partial charge in [-0.25, -0.2) is 26.4 Å². The number of amides is 2. The minimum atomic E-state index is -4.32. The number of benzene rings is 3. The van der Waals surface area contributed by atoms with Crippen LogP contribution >= 0.6 is 23.2 Å². The van der Waals surface area contributed by atoms with E-state index in [0.717, 1.165) is 34.6 Å². The van der Waals surface area contributed by atoms with E-state index in [-0.39, 0.29) is 55.7 Å². The van der Waals surface area contributed by atoms with Crippen LogP contribution in [0.1, 0.15) is 6.42 Å². The molecule has 1 heterocycles. The molecule has 0 fully saturated rings. The van der Waals surface area contributed by atoms with Crippen molar-refractivity contribution in [2.75, 3.05) is 24.0 Å². The number of carbonyl (C=O) groups is 2. The van der Waals surface area contributed by atoms with E-state index in [1.165, 1.54) is 30.3 Å². The summed E-state index contributed by atoms with van der Waals surface area (Å²) in [5.74, 6) is -1.74. The van der Waals surface area contributed by atoms with Crippen molar-refractivity contribution in [2.45, 2.75) is 22.3 Å². The molecule has 17 heteroatoms. The number of primary sulfonamides is 1. The summed E-state index contributed by atoms with van der Waals surface area (Å²) >= 11 is 11.7. The second-order valence-electron chi connectivity index (χ2n) is 9.33. The minimum absolute atomic E-state index is 0.0102. The van der Waals surface area contributed by atoms with E-state index in [9.17, 15) is 30.8 Å². The van der Waals surface area contributed by atoms with Crippen LogP contribution in [-0.2, 0) is 29.6 Å². The summed E-state index contributed by atoms with van der Waals surface area (Å²) < 4.78 is 75.8. The maximum atomic E-state index is 13.6. The van der Waals surface area contributed by atoms with Crippen molar-refractivity contribution in [2.24, 2.45) is 5.14 Å². The van der Waals surface area contributed by atoms with Gasteiger partial charge in [0.2, 0.25) is 10.0 Å². The van der Waals surface area contributed by atoms with Crippen molar-refractivity contribution in [3.63, 3.8) is 0 Å². The molecular weight excluding hydrogens is 662 g/mol. The van der Waals surface area contributed by atoms with E-state index >= 15 is 0 Å². The van der Waals surface area contributed by atoms with Crippen LogP contribution in [-0.4, -0.2) is 54.5 Å². The molecule has 234 valence electrons. The van der Waals surface area contributed by atoms with Crippen LogP contribution in [0, 0.1) is 5.82 Å². The fourth-order valence-electron chi connectivity index (χ4n) is 3.98. The van der Waals surface area contributed by atoms with E-state index in [0.29, 0.717) is 0 Å². The minimum Gasteiger partial charge on any atom is -0.484 e. The molecule has 0 spiro atoms. The van der Waals surface area contributed by atoms with Gasteiger partial charge in [-0.3, -0.25) is 13.9 Å². The lowest BCUT2D eigenvalue weighted by Gasteiger charge is -2.35. The lowest BCUT2D eigenvalue weighted by atomic mass is 10.2. The number of nitrogens with two attached hydrogens (primary N) is 1. The number of hydrogen-bond acceptors (Lipinski definition) is 8. The monoisotopic (exact) mass is 686 g/mol. The third-order valence-electron chi connectivity index (χ3n) is 6.13. The molecule has 0 saturated carbocycles. The van der Waals surface area contributed by atoms with Crippen molar-refractivity contribution < 1.29 is 40.3 Å². The highest BCUT2D eigenvalue weighted by Gasteiger charge is 2.37. The van der Waals surface area contributed by atoms with Crippen LogP contribution in [0.25, 0.3) is 0 Å². The number of nitrogens with one attached hydrogen (secondary N) is 2. The Hall–Kier alpha value is -3.89. The molecule has 12 nitrogen and oxygen atoms in total. The summed E-state index contributed by atoms with van der Waals surface area (Å²) in [6.45, 7) is 2.88. The number of anilines is 1. The predicted molar refractivity (Wildman–Crippen MR) is 160 cm³/mol. The van der Waals surface area contributed by atoms with E-state index in [1.807, 2.05) is 0 Å². The zero-order valence-electron chi connectivity index (χ0n) is 22.6. The third kappa shape index (κ3) is 7.98. The lowest BCUT2D eigenvalue weighted by Crippen LogP contribution is -2.51. The number of carbonyl (C=O) groups excluding carboxylic acids is 2. The molecule has 44 heavy (non-hydrogen) atoms. The van der Waals surface area contributed by atoms with Gasteiger partial charge in [0.25, 0.3) is 21.8 Å². The second-order valence-corrected chi connectivity index (χ2v) is 13.6. The number of fused-ring (bicyclic) bond motifs is 1. The van der Waals surface area contributed by atoms with Crippen molar-refractivity contribution >= 4 is 60.8 Å². The smallest absolute Gasteiger partial charge is 0.264 e. The first-order valence-electron chi connectivity index (χ1n) is 12.6. The molecule has 3 aromatic rings. The van der Waals surface area contributed by atoms with Gasteiger partial charge in [-0.05, 0) is 54.6 Å². The van der Waals surface area contributed by atoms with Gasteiger partial charge in [0, 0.05) is 29.8 Å². The molecule has 1 aliphatic heterocycles. The summed E-state index contributed by atoms with van der Waals surface area (Å²) in [6.07, 6.45) is -1.16. The van der Waals surface area contributed by atoms with E-state index in [1.54, 1.807) is 0 Å². The Morgan fingerprint density at radius 1 is 1.05 bits per heavy atom. The number of hydrogen-bond donors (Lipinski definition) is 3. The highest BCUT2D eigenvalue weighted by atomic mass is 35.5. The van der Waals surface area contributed by atoms with E-state index < -0.39 is 56.9 Å². The topological polar surface area (TPSA) is 174 Å². The molecule has 2 amide bonds. The molecule has 3 aromatic carbocycles. The Labute approximate surface area is 262 Å². The maximum absolute atomic E-state index is 13.6. The highest BCUT2D eigenvalue weighted by Crippen LogP contribution is 2.39. The first kappa shape index (κ1) is 33.0.